The Labute approximate surface area is 101 Å². The minimum atomic E-state index is -0.184. The van der Waals surface area contributed by atoms with E-state index in [1.54, 1.807) is 18.3 Å². The van der Waals surface area contributed by atoms with Crippen LogP contribution in [0.15, 0.2) is 22.8 Å². The third-order valence-corrected chi connectivity index (χ3v) is 3.05. The first kappa shape index (κ1) is 12.1. The normalized spacial score (nSPS) is 24.6. The number of nitrogens with two attached hydrogens (primary N) is 1. The lowest BCUT2D eigenvalue weighted by Crippen LogP contribution is -2.33. The molecule has 1 saturated heterocycles. The van der Waals surface area contributed by atoms with Gasteiger partial charge in [0, 0.05) is 32.7 Å². The summed E-state index contributed by atoms with van der Waals surface area (Å²) in [6.45, 7) is 1.30. The molecule has 17 heavy (non-hydrogen) atoms. The van der Waals surface area contributed by atoms with E-state index in [9.17, 15) is 4.79 Å². The van der Waals surface area contributed by atoms with E-state index in [2.05, 4.69) is 0 Å². The first-order chi connectivity index (χ1) is 8.24. The van der Waals surface area contributed by atoms with Gasteiger partial charge >= 0.3 is 0 Å². The number of methoxy groups -OCH3 is 1. The molecule has 5 heteroatoms. The van der Waals surface area contributed by atoms with Gasteiger partial charge in [-0.05, 0) is 18.6 Å². The molecule has 2 rings (SSSR count). The van der Waals surface area contributed by atoms with E-state index in [0.717, 1.165) is 12.2 Å². The highest BCUT2D eigenvalue weighted by atomic mass is 16.5. The zero-order valence-corrected chi connectivity index (χ0v) is 9.96. The molecule has 0 radical (unpaired) electrons. The summed E-state index contributed by atoms with van der Waals surface area (Å²) in [6, 6.07) is 3.37. The van der Waals surface area contributed by atoms with Gasteiger partial charge in [0.25, 0.3) is 0 Å². The summed E-state index contributed by atoms with van der Waals surface area (Å²) >= 11 is 0. The molecule has 1 aliphatic rings. The van der Waals surface area contributed by atoms with Crippen molar-refractivity contribution in [3.05, 3.63) is 24.2 Å². The summed E-state index contributed by atoms with van der Waals surface area (Å²) in [7, 11) is 1.65. The van der Waals surface area contributed by atoms with E-state index < -0.39 is 0 Å². The van der Waals surface area contributed by atoms with Gasteiger partial charge in [-0.1, -0.05) is 0 Å². The molecule has 2 atom stereocenters. The molecule has 0 saturated carbocycles. The molecule has 1 amide bonds. The van der Waals surface area contributed by atoms with E-state index in [4.69, 9.17) is 14.9 Å². The number of carbonyl (C=O) groups excluding carboxylic acids is 1. The number of furan rings is 1. The Balaban J connectivity index is 2.07. The van der Waals surface area contributed by atoms with Crippen molar-refractivity contribution in [1.29, 1.82) is 0 Å². The van der Waals surface area contributed by atoms with Crippen molar-refractivity contribution < 1.29 is 13.9 Å². The average molecular weight is 238 g/mol. The number of likely N-dealkylation sites (tertiary alicyclic amines) is 1. The second-order valence-electron chi connectivity index (χ2n) is 4.26. The standard InChI is InChI=1S/C12H18N2O3/c1-16-6-3-5-14-11(15)8-9(13)12(14)10-4-2-7-17-10/h2,4,7,9,12H,3,5-6,8,13H2,1H3. The lowest BCUT2D eigenvalue weighted by atomic mass is 10.1. The third kappa shape index (κ3) is 2.50. The maximum absolute atomic E-state index is 11.8. The summed E-state index contributed by atoms with van der Waals surface area (Å²) in [4.78, 5) is 13.6. The minimum Gasteiger partial charge on any atom is -0.467 e. The van der Waals surface area contributed by atoms with E-state index in [-0.39, 0.29) is 18.0 Å². The van der Waals surface area contributed by atoms with Crippen LogP contribution in [-0.4, -0.2) is 37.1 Å². The van der Waals surface area contributed by atoms with Crippen LogP contribution in [0.1, 0.15) is 24.6 Å². The van der Waals surface area contributed by atoms with Crippen LogP contribution in [-0.2, 0) is 9.53 Å². The van der Waals surface area contributed by atoms with Crippen LogP contribution in [0.5, 0.6) is 0 Å². The average Bonchev–Trinajstić information content (AvgIpc) is 2.88. The van der Waals surface area contributed by atoms with Crippen molar-refractivity contribution in [3.63, 3.8) is 0 Å². The number of nitrogens with zero attached hydrogens (tertiary/aromatic N) is 1. The quantitative estimate of drug-likeness (QED) is 0.774. The molecule has 2 N–H and O–H groups in total. The molecule has 0 spiro atoms. The highest BCUT2D eigenvalue weighted by Crippen LogP contribution is 2.32. The Hall–Kier alpha value is -1.33. The van der Waals surface area contributed by atoms with E-state index >= 15 is 0 Å². The molecule has 0 bridgehead atoms. The fourth-order valence-corrected chi connectivity index (χ4v) is 2.28. The summed E-state index contributed by atoms with van der Waals surface area (Å²) < 4.78 is 10.4. The smallest absolute Gasteiger partial charge is 0.224 e. The summed E-state index contributed by atoms with van der Waals surface area (Å²) in [6.07, 6.45) is 2.81. The monoisotopic (exact) mass is 238 g/mol. The first-order valence-electron chi connectivity index (χ1n) is 5.81. The maximum atomic E-state index is 11.8. The number of carbonyl (C=O) groups is 1. The van der Waals surface area contributed by atoms with Crippen molar-refractivity contribution in [2.45, 2.75) is 24.9 Å². The molecule has 0 aliphatic carbocycles. The zero-order valence-electron chi connectivity index (χ0n) is 9.96. The van der Waals surface area contributed by atoms with Crippen LogP contribution < -0.4 is 5.73 Å². The predicted molar refractivity (Wildman–Crippen MR) is 62.2 cm³/mol. The van der Waals surface area contributed by atoms with Gasteiger partial charge in [-0.3, -0.25) is 4.79 Å². The van der Waals surface area contributed by atoms with Gasteiger partial charge in [0.15, 0.2) is 0 Å². The van der Waals surface area contributed by atoms with Gasteiger partial charge in [-0.2, -0.15) is 0 Å². The lowest BCUT2D eigenvalue weighted by molar-refractivity contribution is -0.129. The van der Waals surface area contributed by atoms with Crippen molar-refractivity contribution in [3.8, 4) is 0 Å². The fourth-order valence-electron chi connectivity index (χ4n) is 2.28. The molecule has 1 aliphatic heterocycles. The number of hydrogen-bond donors (Lipinski definition) is 1. The number of ether oxygens (including phenoxy) is 1. The van der Waals surface area contributed by atoms with E-state index in [1.807, 2.05) is 12.1 Å². The fraction of sp³-hybridized carbons (Fsp3) is 0.583. The van der Waals surface area contributed by atoms with Crippen molar-refractivity contribution in [1.82, 2.24) is 4.90 Å². The maximum Gasteiger partial charge on any atom is 0.224 e. The molecule has 2 heterocycles. The van der Waals surface area contributed by atoms with Crippen LogP contribution in [0.3, 0.4) is 0 Å². The molecule has 5 nitrogen and oxygen atoms in total. The lowest BCUT2D eigenvalue weighted by Gasteiger charge is -2.25. The second kappa shape index (κ2) is 5.33. The van der Waals surface area contributed by atoms with Crippen LogP contribution in [0, 0.1) is 0 Å². The van der Waals surface area contributed by atoms with Crippen LogP contribution in [0.25, 0.3) is 0 Å². The topological polar surface area (TPSA) is 68.7 Å². The van der Waals surface area contributed by atoms with Gasteiger partial charge in [0.05, 0.1) is 6.26 Å². The molecular formula is C12H18N2O3. The molecule has 1 aromatic rings. The van der Waals surface area contributed by atoms with Gasteiger partial charge in [0.2, 0.25) is 5.91 Å². The van der Waals surface area contributed by atoms with E-state index in [1.165, 1.54) is 0 Å². The zero-order chi connectivity index (χ0) is 12.3. The van der Waals surface area contributed by atoms with Gasteiger partial charge in [0.1, 0.15) is 11.8 Å². The van der Waals surface area contributed by atoms with Gasteiger partial charge in [-0.15, -0.1) is 0 Å². The Morgan fingerprint density at radius 3 is 3.12 bits per heavy atom. The molecular weight excluding hydrogens is 220 g/mol. The Kier molecular flexibility index (Phi) is 3.81. The highest BCUT2D eigenvalue weighted by Gasteiger charge is 2.39. The Morgan fingerprint density at radius 2 is 2.47 bits per heavy atom. The van der Waals surface area contributed by atoms with Crippen molar-refractivity contribution >= 4 is 5.91 Å². The number of rotatable bonds is 5. The van der Waals surface area contributed by atoms with Crippen LogP contribution in [0.2, 0.25) is 0 Å². The van der Waals surface area contributed by atoms with Crippen molar-refractivity contribution in [2.75, 3.05) is 20.3 Å². The van der Waals surface area contributed by atoms with Crippen LogP contribution >= 0.6 is 0 Å². The third-order valence-electron chi connectivity index (χ3n) is 3.05. The van der Waals surface area contributed by atoms with Crippen LogP contribution in [0.4, 0.5) is 0 Å². The first-order valence-corrected chi connectivity index (χ1v) is 5.81. The largest absolute Gasteiger partial charge is 0.467 e. The SMILES string of the molecule is COCCCN1C(=O)CC(N)C1c1ccco1. The Morgan fingerprint density at radius 1 is 1.65 bits per heavy atom. The van der Waals surface area contributed by atoms with Crippen molar-refractivity contribution in [2.24, 2.45) is 5.73 Å². The number of amides is 1. The molecule has 94 valence electrons. The number of hydrogen-bond acceptors (Lipinski definition) is 4. The summed E-state index contributed by atoms with van der Waals surface area (Å²) in [5.74, 6) is 0.857. The minimum absolute atomic E-state index is 0.0926. The predicted octanol–water partition coefficient (Wildman–Crippen LogP) is 0.917. The van der Waals surface area contributed by atoms with E-state index in [0.29, 0.717) is 19.6 Å². The van der Waals surface area contributed by atoms with Gasteiger partial charge < -0.3 is 19.8 Å². The Bertz CT molecular complexity index is 364. The molecule has 1 aromatic heterocycles. The molecule has 1 fully saturated rings. The second-order valence-corrected chi connectivity index (χ2v) is 4.26. The summed E-state index contributed by atoms with van der Waals surface area (Å²) in [5, 5.41) is 0. The highest BCUT2D eigenvalue weighted by molar-refractivity contribution is 5.80. The molecule has 2 unspecified atom stereocenters. The summed E-state index contributed by atoms with van der Waals surface area (Å²) in [5.41, 5.74) is 6.00. The van der Waals surface area contributed by atoms with Gasteiger partial charge in [-0.25, -0.2) is 0 Å². The molecule has 0 aromatic carbocycles.